The van der Waals surface area contributed by atoms with Gasteiger partial charge in [0, 0.05) is 6.07 Å². The molecule has 0 fully saturated rings. The highest BCUT2D eigenvalue weighted by atomic mass is 15.4. The van der Waals surface area contributed by atoms with Gasteiger partial charge in [-0.3, -0.25) is 0 Å². The highest BCUT2D eigenvalue weighted by Gasteiger charge is 2.13. The molecule has 0 aliphatic rings. The molecule has 0 aliphatic carbocycles. The lowest BCUT2D eigenvalue weighted by molar-refractivity contribution is -0.594. The van der Waals surface area contributed by atoms with Crippen LogP contribution in [-0.2, 0) is 6.54 Å². The zero-order valence-corrected chi connectivity index (χ0v) is 9.28. The first-order chi connectivity index (χ1) is 7.13. The first kappa shape index (κ1) is 9.89. The molecule has 1 N–H and O–H groups in total. The summed E-state index contributed by atoms with van der Waals surface area (Å²) in [5.74, 6) is 0.763. The van der Waals surface area contributed by atoms with E-state index in [-0.39, 0.29) is 5.62 Å². The Balaban J connectivity index is 2.80. The summed E-state index contributed by atoms with van der Waals surface area (Å²) < 4.78 is 3.56. The standard InChI is InChI=1S/C10H15N5/c1-4-5-14-9(11)13-15-8(3)6-7(2)12-10(14)15/h6,11H,4-5H2,1-3H3. The number of fused-ring (bicyclic) bond motifs is 1. The molecule has 15 heavy (non-hydrogen) atoms. The average Bonchev–Trinajstić information content (AvgIpc) is 2.46. The first-order valence-corrected chi connectivity index (χ1v) is 5.12. The van der Waals surface area contributed by atoms with Gasteiger partial charge in [-0.1, -0.05) is 11.9 Å². The molecule has 0 unspecified atom stereocenters. The van der Waals surface area contributed by atoms with Crippen LogP contribution in [0, 0.1) is 19.3 Å². The second-order valence-electron chi connectivity index (χ2n) is 3.73. The molecule has 80 valence electrons. The minimum absolute atomic E-state index is 0.276. The Kier molecular flexibility index (Phi) is 2.30. The van der Waals surface area contributed by atoms with Gasteiger partial charge in [-0.05, 0) is 20.3 Å². The number of nitrogens with one attached hydrogen (secondary N) is 1. The zero-order valence-electron chi connectivity index (χ0n) is 9.28. The summed E-state index contributed by atoms with van der Waals surface area (Å²) in [6.45, 7) is 6.81. The van der Waals surface area contributed by atoms with E-state index in [0.717, 1.165) is 30.1 Å². The summed E-state index contributed by atoms with van der Waals surface area (Å²) in [6.07, 6.45) is 0.979. The predicted octanol–water partition coefficient (Wildman–Crippen LogP) is 0.0853. The van der Waals surface area contributed by atoms with Crippen molar-refractivity contribution in [3.63, 3.8) is 0 Å². The number of hydrogen-bond acceptors (Lipinski definition) is 2. The van der Waals surface area contributed by atoms with Crippen LogP contribution in [0.4, 0.5) is 0 Å². The molecule has 2 aromatic rings. The van der Waals surface area contributed by atoms with Crippen LogP contribution in [0.25, 0.3) is 5.78 Å². The number of nitrogens with zero attached hydrogens (tertiary/aromatic N) is 4. The van der Waals surface area contributed by atoms with Gasteiger partial charge in [0.25, 0.3) is 0 Å². The van der Waals surface area contributed by atoms with Crippen molar-refractivity contribution >= 4 is 5.78 Å². The molecule has 2 aromatic heterocycles. The molecule has 0 aromatic carbocycles. The number of hydrogen-bond donors (Lipinski definition) is 1. The van der Waals surface area contributed by atoms with E-state index < -0.39 is 0 Å². The van der Waals surface area contributed by atoms with Crippen LogP contribution in [0.5, 0.6) is 0 Å². The Hall–Kier alpha value is -1.65. The van der Waals surface area contributed by atoms with Gasteiger partial charge in [0.05, 0.1) is 12.2 Å². The molecule has 0 bridgehead atoms. The lowest BCUT2D eigenvalue weighted by atomic mass is 10.3. The smallest absolute Gasteiger partial charge is 0.382 e. The minimum atomic E-state index is 0.276. The van der Waals surface area contributed by atoms with Crippen LogP contribution in [-0.4, -0.2) is 9.55 Å². The molecule has 5 heteroatoms. The molecule has 0 spiro atoms. The van der Waals surface area contributed by atoms with E-state index in [1.807, 2.05) is 24.5 Å². The zero-order chi connectivity index (χ0) is 11.0. The van der Waals surface area contributed by atoms with Crippen LogP contribution in [0.3, 0.4) is 0 Å². The van der Waals surface area contributed by atoms with Gasteiger partial charge in [-0.15, -0.1) is 0 Å². The number of aromatic nitrogens is 4. The quantitative estimate of drug-likeness (QED) is 0.706. The van der Waals surface area contributed by atoms with Crippen molar-refractivity contribution in [2.24, 2.45) is 0 Å². The lowest BCUT2D eigenvalue weighted by Gasteiger charge is -1.96. The fourth-order valence-corrected chi connectivity index (χ4v) is 1.73. The maximum atomic E-state index is 7.76. The van der Waals surface area contributed by atoms with E-state index in [9.17, 15) is 0 Å². The maximum absolute atomic E-state index is 7.76. The Morgan fingerprint density at radius 2 is 2.27 bits per heavy atom. The van der Waals surface area contributed by atoms with Crippen LogP contribution in [0.2, 0.25) is 0 Å². The number of aryl methyl sites for hydroxylation is 3. The topological polar surface area (TPSA) is 59.9 Å². The lowest BCUT2D eigenvalue weighted by Crippen LogP contribution is -2.33. The summed E-state index contributed by atoms with van der Waals surface area (Å²) >= 11 is 0. The van der Waals surface area contributed by atoms with Crippen molar-refractivity contribution in [1.29, 1.82) is 5.41 Å². The molecule has 2 heterocycles. The fourth-order valence-electron chi connectivity index (χ4n) is 1.73. The van der Waals surface area contributed by atoms with Gasteiger partial charge < -0.3 is 5.41 Å². The summed E-state index contributed by atoms with van der Waals surface area (Å²) in [4.78, 5) is 4.42. The van der Waals surface area contributed by atoms with E-state index >= 15 is 0 Å². The molecule has 0 saturated heterocycles. The Morgan fingerprint density at radius 1 is 1.53 bits per heavy atom. The molecular weight excluding hydrogens is 190 g/mol. The van der Waals surface area contributed by atoms with Crippen LogP contribution in [0.15, 0.2) is 6.07 Å². The largest absolute Gasteiger partial charge is 0.412 e. The highest BCUT2D eigenvalue weighted by molar-refractivity contribution is 5.20. The van der Waals surface area contributed by atoms with Gasteiger partial charge in [0.15, 0.2) is 5.62 Å². The molecule has 0 radical (unpaired) electrons. The maximum Gasteiger partial charge on any atom is 0.412 e. The average molecular weight is 205 g/mol. The van der Waals surface area contributed by atoms with Crippen molar-refractivity contribution < 1.29 is 4.52 Å². The van der Waals surface area contributed by atoms with Crippen LogP contribution < -0.4 is 15.2 Å². The summed E-state index contributed by atoms with van der Waals surface area (Å²) in [7, 11) is 0. The highest BCUT2D eigenvalue weighted by Crippen LogP contribution is 1.97. The summed E-state index contributed by atoms with van der Waals surface area (Å²) in [6, 6.07) is 1.97. The van der Waals surface area contributed by atoms with Crippen LogP contribution >= 0.6 is 0 Å². The Labute approximate surface area is 87.9 Å². The first-order valence-electron chi connectivity index (χ1n) is 5.12. The normalized spacial score (nSPS) is 11.1. The van der Waals surface area contributed by atoms with Crippen molar-refractivity contribution in [1.82, 2.24) is 14.6 Å². The second kappa shape index (κ2) is 3.49. The van der Waals surface area contributed by atoms with Gasteiger partial charge in [-0.25, -0.2) is 4.57 Å². The number of rotatable bonds is 2. The molecule has 0 amide bonds. The van der Waals surface area contributed by atoms with E-state index in [4.69, 9.17) is 5.41 Å². The van der Waals surface area contributed by atoms with Crippen molar-refractivity contribution in [3.05, 3.63) is 23.1 Å². The molecule has 0 atom stereocenters. The summed E-state index contributed by atoms with van der Waals surface area (Å²) in [5, 5.41) is 11.9. The van der Waals surface area contributed by atoms with Crippen molar-refractivity contribution in [2.45, 2.75) is 33.7 Å². The van der Waals surface area contributed by atoms with E-state index in [2.05, 4.69) is 17.0 Å². The van der Waals surface area contributed by atoms with Gasteiger partial charge >= 0.3 is 5.78 Å². The minimum Gasteiger partial charge on any atom is -0.382 e. The van der Waals surface area contributed by atoms with Crippen molar-refractivity contribution in [3.8, 4) is 0 Å². The molecule has 5 nitrogen and oxygen atoms in total. The monoisotopic (exact) mass is 205 g/mol. The molecule has 0 aliphatic heterocycles. The van der Waals surface area contributed by atoms with E-state index in [0.29, 0.717) is 0 Å². The van der Waals surface area contributed by atoms with E-state index in [1.165, 1.54) is 0 Å². The third kappa shape index (κ3) is 1.54. The molecular formula is C10H15N5. The second-order valence-corrected chi connectivity index (χ2v) is 3.73. The molecule has 2 rings (SSSR count). The summed E-state index contributed by atoms with van der Waals surface area (Å²) in [5.41, 5.74) is 2.25. The SMILES string of the molecule is CCCn1c(=N)[n-][n+]2c(C)cc(C)nc12. The fraction of sp³-hybridized carbons (Fsp3) is 0.500. The predicted molar refractivity (Wildman–Crippen MR) is 54.3 cm³/mol. The Morgan fingerprint density at radius 3 is 2.93 bits per heavy atom. The van der Waals surface area contributed by atoms with Gasteiger partial charge in [0.1, 0.15) is 5.69 Å². The molecule has 0 saturated carbocycles. The third-order valence-electron chi connectivity index (χ3n) is 2.36. The van der Waals surface area contributed by atoms with Crippen LogP contribution in [0.1, 0.15) is 24.7 Å². The van der Waals surface area contributed by atoms with E-state index in [1.54, 1.807) is 4.52 Å². The third-order valence-corrected chi connectivity index (χ3v) is 2.36. The van der Waals surface area contributed by atoms with Gasteiger partial charge in [-0.2, -0.15) is 9.61 Å². The van der Waals surface area contributed by atoms with Crippen molar-refractivity contribution in [2.75, 3.05) is 0 Å². The van der Waals surface area contributed by atoms with Gasteiger partial charge in [0.2, 0.25) is 0 Å². The Bertz CT molecular complexity index is 549.